The molecule has 1 aliphatic rings. The fourth-order valence-corrected chi connectivity index (χ4v) is 7.23. The summed E-state index contributed by atoms with van der Waals surface area (Å²) in [5, 5.41) is 1.85. The van der Waals surface area contributed by atoms with Crippen molar-refractivity contribution in [3.8, 4) is 5.69 Å². The summed E-state index contributed by atoms with van der Waals surface area (Å²) in [6.45, 7) is 0.484. The van der Waals surface area contributed by atoms with Crippen LogP contribution < -0.4 is 10.5 Å². The number of benzene rings is 3. The fourth-order valence-electron chi connectivity index (χ4n) is 5.45. The lowest BCUT2D eigenvalue weighted by molar-refractivity contribution is -0.131. The maximum absolute atomic E-state index is 15.6. The molecule has 4 aromatic rings. The number of aromatic nitrogens is 1. The van der Waals surface area contributed by atoms with Gasteiger partial charge in [-0.1, -0.05) is 29.8 Å². The van der Waals surface area contributed by atoms with Crippen molar-refractivity contribution in [2.75, 3.05) is 52.2 Å². The predicted octanol–water partition coefficient (Wildman–Crippen LogP) is 3.99. The molecule has 0 unspecified atom stereocenters. The number of halogens is 2. The number of hydrogen-bond donors (Lipinski definition) is 0. The number of rotatable bonds is 10. The van der Waals surface area contributed by atoms with Gasteiger partial charge in [0.15, 0.2) is 0 Å². The molecule has 0 aliphatic carbocycles. The highest BCUT2D eigenvalue weighted by atomic mass is 35.5. The van der Waals surface area contributed by atoms with Crippen LogP contribution in [0.3, 0.4) is 0 Å². The Kier molecular flexibility index (Phi) is 9.92. The molecule has 5 rings (SSSR count). The molecular formula is C33H35ClFN5O5S. The van der Waals surface area contributed by atoms with Crippen LogP contribution in [0.15, 0.2) is 88.7 Å². The first-order valence-corrected chi connectivity index (χ1v) is 16.6. The summed E-state index contributed by atoms with van der Waals surface area (Å²) in [4.78, 5) is 44.2. The lowest BCUT2D eigenvalue weighted by Crippen LogP contribution is -2.56. The Bertz CT molecular complexity index is 1950. The summed E-state index contributed by atoms with van der Waals surface area (Å²) in [6, 6.07) is 17.0. The van der Waals surface area contributed by atoms with Crippen molar-refractivity contribution in [2.24, 2.45) is 0 Å². The van der Waals surface area contributed by atoms with E-state index in [1.165, 1.54) is 50.9 Å². The fraction of sp³-hybridized carbons (Fsp3) is 0.303. The maximum Gasteiger partial charge on any atom is 0.255 e. The lowest BCUT2D eigenvalue weighted by atomic mass is 10.0. The number of hydrogen-bond acceptors (Lipinski definition) is 6. The number of anilines is 1. The summed E-state index contributed by atoms with van der Waals surface area (Å²) in [7, 11) is 0.913. The normalized spacial score (nSPS) is 15.6. The molecule has 0 spiro atoms. The van der Waals surface area contributed by atoms with Gasteiger partial charge < -0.3 is 14.7 Å². The first kappa shape index (κ1) is 33.3. The minimum atomic E-state index is -4.40. The third-order valence-electron chi connectivity index (χ3n) is 8.06. The highest BCUT2D eigenvalue weighted by Gasteiger charge is 2.42. The Labute approximate surface area is 272 Å². The van der Waals surface area contributed by atoms with Gasteiger partial charge in [0, 0.05) is 50.0 Å². The number of fused-ring (bicyclic) bond motifs is 1. The summed E-state index contributed by atoms with van der Waals surface area (Å²) >= 11 is 6.11. The minimum absolute atomic E-state index is 0.0446. The van der Waals surface area contributed by atoms with E-state index in [1.807, 2.05) is 19.0 Å². The number of carbonyl (C=O) groups is 2. The zero-order valence-corrected chi connectivity index (χ0v) is 27.3. The molecule has 2 heterocycles. The zero-order valence-electron chi connectivity index (χ0n) is 25.8. The van der Waals surface area contributed by atoms with Crippen molar-refractivity contribution >= 4 is 49.9 Å². The molecule has 46 heavy (non-hydrogen) atoms. The largest absolute Gasteiger partial charge is 0.343 e. The van der Waals surface area contributed by atoms with Gasteiger partial charge in [-0.3, -0.25) is 19.0 Å². The van der Waals surface area contributed by atoms with Crippen LogP contribution in [-0.4, -0.2) is 92.3 Å². The number of carbonyl (C=O) groups excluding carboxylic acids is 2. The van der Waals surface area contributed by atoms with Crippen LogP contribution in [0, 0.1) is 5.82 Å². The van der Waals surface area contributed by atoms with E-state index >= 15 is 4.39 Å². The first-order chi connectivity index (χ1) is 21.9. The number of likely N-dealkylation sites (N-methyl/N-ethyl adjacent to an activating group) is 2. The molecule has 3 aromatic carbocycles. The van der Waals surface area contributed by atoms with Crippen LogP contribution in [0.5, 0.6) is 0 Å². The van der Waals surface area contributed by atoms with E-state index < -0.39 is 40.2 Å². The van der Waals surface area contributed by atoms with Crippen molar-refractivity contribution in [1.29, 1.82) is 0 Å². The number of pyridine rings is 1. The van der Waals surface area contributed by atoms with Gasteiger partial charge in [0.1, 0.15) is 11.9 Å². The average Bonchev–Trinajstić information content (AvgIpc) is 3.02. The third-order valence-corrected chi connectivity index (χ3v) is 10.1. The van der Waals surface area contributed by atoms with Crippen LogP contribution in [-0.2, 0) is 19.6 Å². The molecule has 2 amide bonds. The van der Waals surface area contributed by atoms with E-state index in [4.69, 9.17) is 11.6 Å². The summed E-state index contributed by atoms with van der Waals surface area (Å²) in [5.41, 5.74) is -0.112. The molecule has 0 N–H and O–H groups in total. The Hall–Kier alpha value is -4.10. The van der Waals surface area contributed by atoms with E-state index in [0.717, 1.165) is 15.8 Å². The third kappa shape index (κ3) is 7.00. The quantitative estimate of drug-likeness (QED) is 0.254. The van der Waals surface area contributed by atoms with E-state index in [1.54, 1.807) is 43.4 Å². The van der Waals surface area contributed by atoms with Crippen molar-refractivity contribution in [2.45, 2.75) is 23.8 Å². The van der Waals surface area contributed by atoms with Gasteiger partial charge in [-0.25, -0.2) is 12.8 Å². The van der Waals surface area contributed by atoms with Crippen LogP contribution >= 0.6 is 11.6 Å². The predicted molar refractivity (Wildman–Crippen MR) is 176 cm³/mol. The molecule has 0 bridgehead atoms. The Morgan fingerprint density at radius 1 is 0.957 bits per heavy atom. The standard InChI is InChI=1S/C33H35ClFN5O5S/c1-36(2)17-18-37(3)32(42)22-40(46(44,45)27-13-10-23-19-25(34)11-9-24(23)20-27)30-7-6-16-39(33(30)43)29-14-12-26(21-28(29)35)38-15-5-4-8-31(38)41/h4-5,8-15,19-21,30H,6-7,16-18,22H2,1-3H3/t30-/m0/s1. The smallest absolute Gasteiger partial charge is 0.255 e. The average molecular weight is 668 g/mol. The monoisotopic (exact) mass is 667 g/mol. The van der Waals surface area contributed by atoms with Gasteiger partial charge in [0.2, 0.25) is 21.8 Å². The number of nitrogens with zero attached hydrogens (tertiary/aromatic N) is 5. The second-order valence-electron chi connectivity index (χ2n) is 11.5. The van der Waals surface area contributed by atoms with Crippen molar-refractivity contribution in [3.05, 3.63) is 100 Å². The summed E-state index contributed by atoms with van der Waals surface area (Å²) in [5.74, 6) is -1.87. The molecule has 13 heteroatoms. The van der Waals surface area contributed by atoms with Crippen molar-refractivity contribution in [1.82, 2.24) is 18.7 Å². The number of sulfonamides is 1. The molecule has 1 aliphatic heterocycles. The second-order valence-corrected chi connectivity index (χ2v) is 13.8. The highest BCUT2D eigenvalue weighted by molar-refractivity contribution is 7.89. The Morgan fingerprint density at radius 2 is 1.70 bits per heavy atom. The second kappa shape index (κ2) is 13.7. The van der Waals surface area contributed by atoms with Crippen LogP contribution in [0.25, 0.3) is 16.5 Å². The molecule has 0 saturated carbocycles. The summed E-state index contributed by atoms with van der Waals surface area (Å²) in [6.07, 6.45) is 2.02. The molecule has 1 fully saturated rings. The lowest BCUT2D eigenvalue weighted by Gasteiger charge is -2.38. The Morgan fingerprint density at radius 3 is 2.41 bits per heavy atom. The van der Waals surface area contributed by atoms with Gasteiger partial charge in [-0.05, 0) is 80.2 Å². The van der Waals surface area contributed by atoms with E-state index in [9.17, 15) is 22.8 Å². The van der Waals surface area contributed by atoms with Gasteiger partial charge >= 0.3 is 0 Å². The number of amides is 2. The topological polar surface area (TPSA) is 103 Å². The van der Waals surface area contributed by atoms with E-state index in [-0.39, 0.29) is 34.8 Å². The van der Waals surface area contributed by atoms with Gasteiger partial charge in [0.05, 0.1) is 22.8 Å². The highest BCUT2D eigenvalue weighted by Crippen LogP contribution is 2.31. The Balaban J connectivity index is 1.50. The van der Waals surface area contributed by atoms with Gasteiger partial charge in [0.25, 0.3) is 5.56 Å². The zero-order chi connectivity index (χ0) is 33.2. The van der Waals surface area contributed by atoms with Crippen LogP contribution in [0.4, 0.5) is 10.1 Å². The molecular weight excluding hydrogens is 633 g/mol. The van der Waals surface area contributed by atoms with Crippen LogP contribution in [0.2, 0.25) is 5.02 Å². The summed E-state index contributed by atoms with van der Waals surface area (Å²) < 4.78 is 46.4. The van der Waals surface area contributed by atoms with E-state index in [2.05, 4.69) is 0 Å². The maximum atomic E-state index is 15.6. The van der Waals surface area contributed by atoms with Crippen molar-refractivity contribution < 1.29 is 22.4 Å². The molecule has 1 saturated heterocycles. The SMILES string of the molecule is CN(C)CCN(C)C(=O)CN([C@H]1CCCN(c2ccc(-n3ccccc3=O)cc2F)C1=O)S(=O)(=O)c1ccc2cc(Cl)ccc2c1. The molecule has 1 aromatic heterocycles. The van der Waals surface area contributed by atoms with Crippen molar-refractivity contribution in [3.63, 3.8) is 0 Å². The first-order valence-electron chi connectivity index (χ1n) is 14.8. The minimum Gasteiger partial charge on any atom is -0.343 e. The molecule has 10 nitrogen and oxygen atoms in total. The molecule has 242 valence electrons. The van der Waals surface area contributed by atoms with Gasteiger partial charge in [-0.2, -0.15) is 4.31 Å². The van der Waals surface area contributed by atoms with Crippen LogP contribution in [0.1, 0.15) is 12.8 Å². The van der Waals surface area contributed by atoms with E-state index in [0.29, 0.717) is 29.9 Å². The van der Waals surface area contributed by atoms with Gasteiger partial charge in [-0.15, -0.1) is 0 Å². The molecule has 1 atom stereocenters. The number of piperidine rings is 1. The molecule has 0 radical (unpaired) electrons.